The van der Waals surface area contributed by atoms with Gasteiger partial charge in [0.05, 0.1) is 23.0 Å². The van der Waals surface area contributed by atoms with Crippen LogP contribution in [0.3, 0.4) is 0 Å². The first-order valence-electron chi connectivity index (χ1n) is 7.69. The largest absolute Gasteiger partial charge is 0.311 e. The Morgan fingerprint density at radius 2 is 2.14 bits per heavy atom. The Hall–Kier alpha value is -1.32. The van der Waals surface area contributed by atoms with E-state index in [1.54, 1.807) is 6.20 Å². The molecule has 3 nitrogen and oxygen atoms in total. The summed E-state index contributed by atoms with van der Waals surface area (Å²) in [7, 11) is 2.02. The van der Waals surface area contributed by atoms with E-state index in [0.29, 0.717) is 11.8 Å². The first-order valence-corrected chi connectivity index (χ1v) is 8.07. The van der Waals surface area contributed by atoms with E-state index in [-0.39, 0.29) is 6.04 Å². The van der Waals surface area contributed by atoms with Gasteiger partial charge in [-0.3, -0.25) is 4.68 Å². The molecule has 1 saturated carbocycles. The number of rotatable bonds is 6. The summed E-state index contributed by atoms with van der Waals surface area (Å²) in [5.41, 5.74) is 2.57. The molecule has 0 radical (unpaired) electrons. The Labute approximate surface area is 131 Å². The molecule has 1 N–H and O–H groups in total. The topological polar surface area (TPSA) is 29.9 Å². The Morgan fingerprint density at radius 1 is 1.38 bits per heavy atom. The molecule has 0 amide bonds. The minimum atomic E-state index is 0.275. The maximum absolute atomic E-state index is 6.40. The summed E-state index contributed by atoms with van der Waals surface area (Å²) < 4.78 is 2.06. The number of aryl methyl sites for hydroxylation is 1. The third kappa shape index (κ3) is 2.85. The predicted molar refractivity (Wildman–Crippen MR) is 86.6 cm³/mol. The summed E-state index contributed by atoms with van der Waals surface area (Å²) in [5, 5.41) is 8.67. The zero-order chi connectivity index (χ0) is 14.8. The fourth-order valence-corrected chi connectivity index (χ4v) is 3.55. The number of hydrogen-bond donors (Lipinski definition) is 1. The normalized spacial score (nSPS) is 22.2. The summed E-state index contributed by atoms with van der Waals surface area (Å²) in [6.45, 7) is 3.08. The van der Waals surface area contributed by atoms with Crippen LogP contribution in [0.4, 0.5) is 0 Å². The molecule has 1 aromatic heterocycles. The molecule has 3 rings (SSSR count). The van der Waals surface area contributed by atoms with Crippen LogP contribution in [-0.4, -0.2) is 16.8 Å². The van der Waals surface area contributed by atoms with Gasteiger partial charge in [-0.25, -0.2) is 0 Å². The van der Waals surface area contributed by atoms with Crippen molar-refractivity contribution in [2.24, 2.45) is 5.92 Å². The molecule has 1 aliphatic rings. The summed E-state index contributed by atoms with van der Waals surface area (Å²) >= 11 is 6.40. The summed E-state index contributed by atoms with van der Waals surface area (Å²) in [6, 6.07) is 11.0. The molecular formula is C17H22ClN3. The molecular weight excluding hydrogens is 282 g/mol. The monoisotopic (exact) mass is 303 g/mol. The van der Waals surface area contributed by atoms with Crippen LogP contribution >= 0.6 is 11.6 Å². The fraction of sp³-hybridized carbons (Fsp3) is 0.471. The second kappa shape index (κ2) is 6.20. The van der Waals surface area contributed by atoms with Crippen LogP contribution in [0.1, 0.15) is 43.0 Å². The number of benzene rings is 1. The zero-order valence-corrected chi connectivity index (χ0v) is 13.3. The Kier molecular flexibility index (Phi) is 4.32. The van der Waals surface area contributed by atoms with E-state index in [1.807, 2.05) is 7.05 Å². The Morgan fingerprint density at radius 3 is 2.81 bits per heavy atom. The van der Waals surface area contributed by atoms with Gasteiger partial charge in [0.2, 0.25) is 0 Å². The summed E-state index contributed by atoms with van der Waals surface area (Å²) in [5.74, 6) is 1.23. The molecule has 0 aliphatic heterocycles. The van der Waals surface area contributed by atoms with E-state index in [2.05, 4.69) is 52.4 Å². The van der Waals surface area contributed by atoms with Gasteiger partial charge in [-0.2, -0.15) is 5.10 Å². The number of nitrogens with one attached hydrogen (secondary N) is 1. The molecule has 1 heterocycles. The third-order valence-corrected chi connectivity index (χ3v) is 4.66. The lowest BCUT2D eigenvalue weighted by Crippen LogP contribution is -2.23. The van der Waals surface area contributed by atoms with Crippen molar-refractivity contribution in [2.75, 3.05) is 7.05 Å². The van der Waals surface area contributed by atoms with Gasteiger partial charge in [-0.15, -0.1) is 0 Å². The van der Waals surface area contributed by atoms with Gasteiger partial charge >= 0.3 is 0 Å². The van der Waals surface area contributed by atoms with E-state index < -0.39 is 0 Å². The van der Waals surface area contributed by atoms with Crippen LogP contribution in [0.15, 0.2) is 36.5 Å². The van der Waals surface area contributed by atoms with Gasteiger partial charge in [0.1, 0.15) is 0 Å². The van der Waals surface area contributed by atoms with Crippen molar-refractivity contribution in [1.29, 1.82) is 0 Å². The number of halogens is 1. The van der Waals surface area contributed by atoms with Crippen molar-refractivity contribution in [3.63, 3.8) is 0 Å². The van der Waals surface area contributed by atoms with Crippen molar-refractivity contribution in [1.82, 2.24) is 15.1 Å². The fourth-order valence-electron chi connectivity index (χ4n) is 3.29. The maximum atomic E-state index is 6.40. The second-order valence-corrected chi connectivity index (χ2v) is 6.19. The predicted octanol–water partition coefficient (Wildman–Crippen LogP) is 4.01. The quantitative estimate of drug-likeness (QED) is 0.874. The lowest BCUT2D eigenvalue weighted by atomic mass is 10.0. The molecule has 21 heavy (non-hydrogen) atoms. The van der Waals surface area contributed by atoms with Crippen LogP contribution in [0.2, 0.25) is 5.02 Å². The molecule has 4 heteroatoms. The highest BCUT2D eigenvalue weighted by atomic mass is 35.5. The molecule has 0 spiro atoms. The van der Waals surface area contributed by atoms with Gasteiger partial charge in [0.15, 0.2) is 0 Å². The highest BCUT2D eigenvalue weighted by Gasteiger charge is 2.45. The van der Waals surface area contributed by atoms with Gasteiger partial charge in [0, 0.05) is 6.54 Å². The lowest BCUT2D eigenvalue weighted by Gasteiger charge is -2.19. The maximum Gasteiger partial charge on any atom is 0.0834 e. The Bertz CT molecular complexity index is 593. The average molecular weight is 304 g/mol. The van der Waals surface area contributed by atoms with Crippen LogP contribution in [0.5, 0.6) is 0 Å². The third-order valence-electron chi connectivity index (χ3n) is 4.37. The van der Waals surface area contributed by atoms with Crippen LogP contribution in [0.25, 0.3) is 0 Å². The highest BCUT2D eigenvalue weighted by molar-refractivity contribution is 6.31. The van der Waals surface area contributed by atoms with Gasteiger partial charge in [-0.05, 0) is 37.3 Å². The molecule has 3 unspecified atom stereocenters. The lowest BCUT2D eigenvalue weighted by molar-refractivity contribution is 0.456. The molecule has 1 fully saturated rings. The van der Waals surface area contributed by atoms with Crippen molar-refractivity contribution in [3.05, 3.63) is 52.8 Å². The van der Waals surface area contributed by atoms with Gasteiger partial charge < -0.3 is 5.32 Å². The minimum Gasteiger partial charge on any atom is -0.311 e. The van der Waals surface area contributed by atoms with E-state index >= 15 is 0 Å². The number of nitrogens with zero attached hydrogens (tertiary/aromatic N) is 2. The van der Waals surface area contributed by atoms with E-state index in [9.17, 15) is 0 Å². The molecule has 3 atom stereocenters. The standard InChI is InChI=1S/C17H22ClN3/c1-3-9-21-17(15(18)11-20-21)16(19-2)14-10-13(14)12-7-5-4-6-8-12/h4-8,11,13-14,16,19H,3,9-10H2,1-2H3. The van der Waals surface area contributed by atoms with Crippen LogP contribution in [-0.2, 0) is 6.54 Å². The second-order valence-electron chi connectivity index (χ2n) is 5.78. The van der Waals surface area contributed by atoms with E-state index in [1.165, 1.54) is 12.0 Å². The smallest absolute Gasteiger partial charge is 0.0834 e. The summed E-state index contributed by atoms with van der Waals surface area (Å²) in [4.78, 5) is 0. The van der Waals surface area contributed by atoms with Crippen LogP contribution < -0.4 is 5.32 Å². The van der Waals surface area contributed by atoms with Gasteiger partial charge in [-0.1, -0.05) is 48.9 Å². The minimum absolute atomic E-state index is 0.275. The molecule has 112 valence electrons. The molecule has 1 aromatic carbocycles. The van der Waals surface area contributed by atoms with Crippen molar-refractivity contribution in [3.8, 4) is 0 Å². The zero-order valence-electron chi connectivity index (χ0n) is 12.6. The molecule has 1 aliphatic carbocycles. The average Bonchev–Trinajstić information content (AvgIpc) is 3.22. The SMILES string of the molecule is CCCn1ncc(Cl)c1C(NC)C1CC1c1ccccc1. The highest BCUT2D eigenvalue weighted by Crippen LogP contribution is 2.54. The van der Waals surface area contributed by atoms with Crippen molar-refractivity contribution in [2.45, 2.75) is 38.3 Å². The summed E-state index contributed by atoms with van der Waals surface area (Å²) in [6.07, 6.45) is 4.05. The number of aromatic nitrogens is 2. The van der Waals surface area contributed by atoms with Crippen molar-refractivity contribution >= 4 is 11.6 Å². The molecule has 0 saturated heterocycles. The number of hydrogen-bond acceptors (Lipinski definition) is 2. The van der Waals surface area contributed by atoms with Gasteiger partial charge in [0.25, 0.3) is 0 Å². The molecule has 2 aromatic rings. The first kappa shape index (κ1) is 14.6. The molecule has 0 bridgehead atoms. The van der Waals surface area contributed by atoms with E-state index in [4.69, 9.17) is 11.6 Å². The first-order chi connectivity index (χ1) is 10.3. The Balaban J connectivity index is 1.83. The van der Waals surface area contributed by atoms with Crippen LogP contribution in [0, 0.1) is 5.92 Å². The van der Waals surface area contributed by atoms with Crippen molar-refractivity contribution < 1.29 is 0 Å². The van der Waals surface area contributed by atoms with E-state index in [0.717, 1.165) is 23.7 Å².